The van der Waals surface area contributed by atoms with Crippen molar-refractivity contribution in [2.45, 2.75) is 78.7 Å². The van der Waals surface area contributed by atoms with Crippen molar-refractivity contribution in [2.75, 3.05) is 0 Å². The second kappa shape index (κ2) is 14.0. The molecule has 0 saturated carbocycles. The third kappa shape index (κ3) is 5.73. The number of hydrogen-bond acceptors (Lipinski definition) is 0. The van der Waals surface area contributed by atoms with Crippen LogP contribution in [-0.4, -0.2) is 0 Å². The normalized spacial score (nSPS) is 18.3. The van der Waals surface area contributed by atoms with Crippen LogP contribution in [0.25, 0.3) is 34.4 Å². The van der Waals surface area contributed by atoms with Gasteiger partial charge in [-0.25, -0.2) is 0 Å². The Bertz CT molecular complexity index is 1630. The Labute approximate surface area is 294 Å². The number of fused-ring (bicyclic) bond motifs is 2. The summed E-state index contributed by atoms with van der Waals surface area (Å²) >= 11 is -2.56. The largest absolute Gasteiger partial charge is 1.00 e. The molecule has 0 nitrogen and oxygen atoms in total. The third-order valence-corrected chi connectivity index (χ3v) is 20.9. The van der Waals surface area contributed by atoms with Gasteiger partial charge in [0.1, 0.15) is 0 Å². The number of benzene rings is 4. The zero-order valence-electron chi connectivity index (χ0n) is 28.3. The van der Waals surface area contributed by atoms with Crippen molar-refractivity contribution in [3.05, 3.63) is 129 Å². The molecule has 4 aromatic rings. The smallest absolute Gasteiger partial charge is 1.00 e. The first-order valence-electron chi connectivity index (χ1n) is 17.2. The van der Waals surface area contributed by atoms with E-state index in [0.29, 0.717) is 20.3 Å². The van der Waals surface area contributed by atoms with Gasteiger partial charge in [-0.05, 0) is 0 Å². The average Bonchev–Trinajstić information content (AvgIpc) is 3.61. The van der Waals surface area contributed by atoms with Gasteiger partial charge in [0.05, 0.1) is 0 Å². The van der Waals surface area contributed by atoms with Crippen LogP contribution in [0.3, 0.4) is 0 Å². The molecule has 238 valence electrons. The van der Waals surface area contributed by atoms with Crippen LogP contribution in [-0.2, 0) is 29.4 Å². The Hall–Kier alpha value is -2.35. The topological polar surface area (TPSA) is 0 Å². The van der Waals surface area contributed by atoms with E-state index in [1.165, 1.54) is 60.4 Å². The summed E-state index contributed by atoms with van der Waals surface area (Å²) < 4.78 is 4.24. The molecule has 3 heteroatoms. The first-order valence-corrected chi connectivity index (χ1v) is 21.2. The zero-order chi connectivity index (χ0) is 30.6. The number of hydrogen-bond donors (Lipinski definition) is 0. The van der Waals surface area contributed by atoms with E-state index in [1.807, 2.05) is 0 Å². The minimum atomic E-state index is -2.56. The van der Waals surface area contributed by atoms with E-state index in [0.717, 1.165) is 12.8 Å². The Morgan fingerprint density at radius 3 is 1.26 bits per heavy atom. The summed E-state index contributed by atoms with van der Waals surface area (Å²) in [5.41, 5.74) is 18.2. The van der Waals surface area contributed by atoms with Crippen molar-refractivity contribution in [3.8, 4) is 22.3 Å². The molecule has 1 aliphatic heterocycles. The Morgan fingerprint density at radius 1 is 0.565 bits per heavy atom. The maximum absolute atomic E-state index is 2.65. The van der Waals surface area contributed by atoms with Gasteiger partial charge in [0.2, 0.25) is 0 Å². The van der Waals surface area contributed by atoms with Crippen LogP contribution in [0.4, 0.5) is 0 Å². The van der Waals surface area contributed by atoms with E-state index in [9.17, 15) is 0 Å². The van der Waals surface area contributed by atoms with E-state index in [2.05, 4.69) is 139 Å². The van der Waals surface area contributed by atoms with Crippen LogP contribution in [0, 0.1) is 11.8 Å². The Balaban J connectivity index is 0.00000208. The van der Waals surface area contributed by atoms with Crippen molar-refractivity contribution < 1.29 is 41.4 Å². The fourth-order valence-corrected chi connectivity index (χ4v) is 19.1. The fraction of sp³-hybridized carbons (Fsp3) is 0.349. The summed E-state index contributed by atoms with van der Waals surface area (Å²) in [7, 11) is 0. The second-order valence-electron chi connectivity index (χ2n) is 14.3. The molecule has 46 heavy (non-hydrogen) atoms. The van der Waals surface area contributed by atoms with Gasteiger partial charge in [0.25, 0.3) is 0 Å². The maximum atomic E-state index is 2.65. The predicted octanol–water partition coefficient (Wildman–Crippen LogP) is 6.44. The number of aryl methyl sites for hydroxylation is 2. The number of rotatable bonds is 8. The molecule has 0 radical (unpaired) electrons. The zero-order valence-corrected chi connectivity index (χ0v) is 31.4. The number of allylic oxidation sites excluding steroid dienone is 2. The van der Waals surface area contributed by atoms with Gasteiger partial charge in [-0.1, -0.05) is 0 Å². The molecule has 4 aromatic carbocycles. The monoisotopic (exact) mass is 682 g/mol. The van der Waals surface area contributed by atoms with Crippen molar-refractivity contribution in [1.29, 1.82) is 0 Å². The van der Waals surface area contributed by atoms with Crippen molar-refractivity contribution >= 4 is 12.2 Å². The predicted molar refractivity (Wildman–Crippen MR) is 188 cm³/mol. The SMILES string of the molecule is CCc1ccc(-c2cccc3c2C=C(C(C)C)[CH]3[Ti+2]2([CH]3C(C(C)C)=Cc4c(-c5ccc(CC)cc5)cccc43)[CH2]C[CH2]2)cc1.[Cl-].[Cl-]. The molecule has 1 fully saturated rings. The van der Waals surface area contributed by atoms with Crippen molar-refractivity contribution in [2.24, 2.45) is 11.8 Å². The van der Waals surface area contributed by atoms with E-state index in [1.54, 1.807) is 22.3 Å². The maximum Gasteiger partial charge on any atom is -1.00 e. The molecule has 0 aromatic heterocycles. The fourth-order valence-electron chi connectivity index (χ4n) is 8.81. The van der Waals surface area contributed by atoms with Crippen LogP contribution in [0.5, 0.6) is 0 Å². The van der Waals surface area contributed by atoms with E-state index in [4.69, 9.17) is 0 Å². The summed E-state index contributed by atoms with van der Waals surface area (Å²) in [4.78, 5) is 0. The van der Waals surface area contributed by atoms with Gasteiger partial charge in [-0.3, -0.25) is 0 Å². The number of halogens is 2. The van der Waals surface area contributed by atoms with Crippen LogP contribution in [0.1, 0.15) is 89.8 Å². The Kier molecular flexibility index (Phi) is 10.7. The van der Waals surface area contributed by atoms with Gasteiger partial charge in [-0.2, -0.15) is 0 Å². The van der Waals surface area contributed by atoms with Crippen molar-refractivity contribution in [3.63, 3.8) is 0 Å². The van der Waals surface area contributed by atoms with E-state index >= 15 is 0 Å². The van der Waals surface area contributed by atoms with Crippen LogP contribution < -0.4 is 24.8 Å². The summed E-state index contributed by atoms with van der Waals surface area (Å²) in [6.07, 6.45) is 8.88. The van der Waals surface area contributed by atoms with E-state index < -0.39 is 16.6 Å². The second-order valence-corrected chi connectivity index (χ2v) is 21.5. The molecular weight excluding hydrogens is 635 g/mol. The molecule has 1 heterocycles. The van der Waals surface area contributed by atoms with Crippen molar-refractivity contribution in [1.82, 2.24) is 0 Å². The first-order chi connectivity index (χ1) is 21.4. The van der Waals surface area contributed by atoms with Crippen LogP contribution >= 0.6 is 0 Å². The van der Waals surface area contributed by atoms with Gasteiger partial charge >= 0.3 is 271 Å². The average molecular weight is 684 g/mol. The van der Waals surface area contributed by atoms with Gasteiger partial charge < -0.3 is 24.8 Å². The molecule has 0 spiro atoms. The van der Waals surface area contributed by atoms with E-state index in [-0.39, 0.29) is 24.8 Å². The minimum Gasteiger partial charge on any atom is -1.00 e. The van der Waals surface area contributed by atoms with Gasteiger partial charge in [0, 0.05) is 0 Å². The molecule has 2 atom stereocenters. The summed E-state index contributed by atoms with van der Waals surface area (Å²) in [6, 6.07) is 33.2. The molecule has 0 amide bonds. The molecule has 7 rings (SSSR count). The Morgan fingerprint density at radius 2 is 0.957 bits per heavy atom. The molecule has 1 saturated heterocycles. The molecule has 0 N–H and O–H groups in total. The van der Waals surface area contributed by atoms with Crippen LogP contribution in [0.2, 0.25) is 9.45 Å². The standard InChI is InChI=1S/2C20H21.C3H6.2ClH.Ti/c2*1-4-15-8-10-16(11-9-15)19-7-5-6-17-12-18(14(2)3)13-20(17)19;1-3-2;;;/h2*5-14H,4H2,1-3H3;1-3H2;2*1H;/q;;;;;+2/p-2. The molecular formula is C43H48Cl2Ti. The molecule has 2 aliphatic carbocycles. The summed E-state index contributed by atoms with van der Waals surface area (Å²) in [5.74, 6) is 1.11. The van der Waals surface area contributed by atoms with Crippen LogP contribution in [0.15, 0.2) is 96.1 Å². The quantitative estimate of drug-likeness (QED) is 0.188. The molecule has 3 aliphatic rings. The first kappa shape index (κ1) is 35.0. The van der Waals surface area contributed by atoms with Gasteiger partial charge in [0.15, 0.2) is 0 Å². The van der Waals surface area contributed by atoms with Gasteiger partial charge in [-0.15, -0.1) is 0 Å². The summed E-state index contributed by atoms with van der Waals surface area (Å²) in [5, 5.41) is 0. The minimum absolute atomic E-state index is 0. The molecule has 0 bridgehead atoms. The summed E-state index contributed by atoms with van der Waals surface area (Å²) in [6.45, 7) is 14.3. The molecule has 2 unspecified atom stereocenters. The third-order valence-electron chi connectivity index (χ3n) is 11.3.